The highest BCUT2D eigenvalue weighted by Gasteiger charge is 2.13. The standard InChI is InChI=1S/C15H22N2O3/c1-4-20-9-5-8-16-14(18)15(19)17-13-7-6-11(2)10-12(13)3/h6-7,10H,4-5,8-9H2,1-3H3,(H,16,18)(H,17,19). The van der Waals surface area contributed by atoms with Crippen LogP contribution in [-0.2, 0) is 14.3 Å². The zero-order valence-corrected chi connectivity index (χ0v) is 12.3. The Morgan fingerprint density at radius 2 is 1.95 bits per heavy atom. The quantitative estimate of drug-likeness (QED) is 0.616. The van der Waals surface area contributed by atoms with Crippen LogP contribution >= 0.6 is 0 Å². The van der Waals surface area contributed by atoms with Crippen LogP contribution in [0.25, 0.3) is 0 Å². The van der Waals surface area contributed by atoms with E-state index in [0.29, 0.717) is 31.9 Å². The summed E-state index contributed by atoms with van der Waals surface area (Å²) in [6.45, 7) is 7.44. The highest BCUT2D eigenvalue weighted by molar-refractivity contribution is 6.39. The van der Waals surface area contributed by atoms with Gasteiger partial charge in [0, 0.05) is 25.4 Å². The summed E-state index contributed by atoms with van der Waals surface area (Å²) in [5.41, 5.74) is 2.70. The second-order valence-electron chi connectivity index (χ2n) is 4.58. The number of ether oxygens (including phenoxy) is 1. The van der Waals surface area contributed by atoms with Crippen molar-refractivity contribution in [3.8, 4) is 0 Å². The number of nitrogens with one attached hydrogen (secondary N) is 2. The van der Waals surface area contributed by atoms with E-state index in [1.54, 1.807) is 6.07 Å². The second-order valence-corrected chi connectivity index (χ2v) is 4.58. The summed E-state index contributed by atoms with van der Waals surface area (Å²) in [6.07, 6.45) is 0.691. The largest absolute Gasteiger partial charge is 0.382 e. The van der Waals surface area contributed by atoms with Crippen LogP contribution < -0.4 is 10.6 Å². The van der Waals surface area contributed by atoms with E-state index in [1.807, 2.05) is 32.9 Å². The van der Waals surface area contributed by atoms with E-state index in [4.69, 9.17) is 4.74 Å². The van der Waals surface area contributed by atoms with Gasteiger partial charge in [-0.25, -0.2) is 0 Å². The van der Waals surface area contributed by atoms with Crippen LogP contribution in [-0.4, -0.2) is 31.6 Å². The van der Waals surface area contributed by atoms with Gasteiger partial charge in [-0.05, 0) is 38.8 Å². The molecule has 0 aromatic heterocycles. The number of benzene rings is 1. The van der Waals surface area contributed by atoms with Crippen molar-refractivity contribution >= 4 is 17.5 Å². The average Bonchev–Trinajstić information content (AvgIpc) is 2.41. The van der Waals surface area contributed by atoms with Gasteiger partial charge >= 0.3 is 11.8 Å². The Bertz CT molecular complexity index is 472. The molecule has 5 heteroatoms. The number of hydrogen-bond acceptors (Lipinski definition) is 3. The van der Waals surface area contributed by atoms with E-state index >= 15 is 0 Å². The highest BCUT2D eigenvalue weighted by Crippen LogP contribution is 2.15. The molecule has 0 aliphatic carbocycles. The first-order chi connectivity index (χ1) is 9.54. The van der Waals surface area contributed by atoms with Crippen LogP contribution in [0.1, 0.15) is 24.5 Å². The third-order valence-electron chi connectivity index (χ3n) is 2.79. The maximum Gasteiger partial charge on any atom is 0.313 e. The van der Waals surface area contributed by atoms with Crippen LogP contribution in [0.15, 0.2) is 18.2 Å². The highest BCUT2D eigenvalue weighted by atomic mass is 16.5. The molecule has 2 amide bonds. The van der Waals surface area contributed by atoms with Crippen molar-refractivity contribution in [2.24, 2.45) is 0 Å². The van der Waals surface area contributed by atoms with Crippen LogP contribution in [0.5, 0.6) is 0 Å². The molecule has 0 saturated carbocycles. The van der Waals surface area contributed by atoms with E-state index in [1.165, 1.54) is 0 Å². The third-order valence-corrected chi connectivity index (χ3v) is 2.79. The van der Waals surface area contributed by atoms with E-state index in [2.05, 4.69) is 10.6 Å². The Balaban J connectivity index is 2.39. The topological polar surface area (TPSA) is 67.4 Å². The predicted octanol–water partition coefficient (Wildman–Crippen LogP) is 1.78. The first-order valence-electron chi connectivity index (χ1n) is 6.78. The summed E-state index contributed by atoms with van der Waals surface area (Å²) in [6, 6.07) is 5.64. The molecule has 110 valence electrons. The first kappa shape index (κ1) is 16.2. The third kappa shape index (κ3) is 5.40. The second kappa shape index (κ2) is 8.32. The number of hydrogen-bond donors (Lipinski definition) is 2. The van der Waals surface area contributed by atoms with Gasteiger partial charge in [0.1, 0.15) is 0 Å². The number of anilines is 1. The SMILES string of the molecule is CCOCCCNC(=O)C(=O)Nc1ccc(C)cc1C. The van der Waals surface area contributed by atoms with Crippen molar-refractivity contribution in [2.75, 3.05) is 25.1 Å². The molecule has 0 spiro atoms. The Kier molecular flexibility index (Phi) is 6.73. The fraction of sp³-hybridized carbons (Fsp3) is 0.467. The van der Waals surface area contributed by atoms with E-state index in [-0.39, 0.29) is 0 Å². The molecule has 0 bridgehead atoms. The maximum atomic E-state index is 11.7. The van der Waals surface area contributed by atoms with E-state index < -0.39 is 11.8 Å². The minimum absolute atomic E-state index is 0.430. The van der Waals surface area contributed by atoms with Crippen LogP contribution in [0.2, 0.25) is 0 Å². The number of carbonyl (C=O) groups excluding carboxylic acids is 2. The molecule has 20 heavy (non-hydrogen) atoms. The van der Waals surface area contributed by atoms with Gasteiger partial charge in [-0.1, -0.05) is 17.7 Å². The van der Waals surface area contributed by atoms with Crippen molar-refractivity contribution in [2.45, 2.75) is 27.2 Å². The van der Waals surface area contributed by atoms with Gasteiger partial charge in [0.25, 0.3) is 0 Å². The molecule has 0 atom stereocenters. The first-order valence-corrected chi connectivity index (χ1v) is 6.78. The minimum Gasteiger partial charge on any atom is -0.382 e. The summed E-state index contributed by atoms with van der Waals surface area (Å²) in [5, 5.41) is 5.17. The molecule has 0 radical (unpaired) electrons. The molecular weight excluding hydrogens is 256 g/mol. The summed E-state index contributed by atoms with van der Waals surface area (Å²) in [5.74, 6) is -1.27. The molecule has 0 saturated heterocycles. The van der Waals surface area contributed by atoms with Gasteiger partial charge in [0.15, 0.2) is 0 Å². The molecule has 0 aliphatic heterocycles. The van der Waals surface area contributed by atoms with E-state index in [9.17, 15) is 9.59 Å². The van der Waals surface area contributed by atoms with Gasteiger partial charge in [-0.2, -0.15) is 0 Å². The lowest BCUT2D eigenvalue weighted by molar-refractivity contribution is -0.136. The summed E-state index contributed by atoms with van der Waals surface area (Å²) < 4.78 is 5.15. The van der Waals surface area contributed by atoms with Crippen molar-refractivity contribution in [3.63, 3.8) is 0 Å². The molecule has 2 N–H and O–H groups in total. The molecule has 0 unspecified atom stereocenters. The van der Waals surface area contributed by atoms with Crippen LogP contribution in [0.4, 0.5) is 5.69 Å². The number of amides is 2. The van der Waals surface area contributed by atoms with Crippen molar-refractivity contribution < 1.29 is 14.3 Å². The maximum absolute atomic E-state index is 11.7. The van der Waals surface area contributed by atoms with Gasteiger partial charge < -0.3 is 15.4 Å². The Hall–Kier alpha value is -1.88. The van der Waals surface area contributed by atoms with E-state index in [0.717, 1.165) is 11.1 Å². The van der Waals surface area contributed by atoms with Crippen molar-refractivity contribution in [1.29, 1.82) is 0 Å². The fourth-order valence-corrected chi connectivity index (χ4v) is 1.73. The average molecular weight is 278 g/mol. The predicted molar refractivity (Wildman–Crippen MR) is 78.7 cm³/mol. The van der Waals surface area contributed by atoms with Gasteiger partial charge in [0.2, 0.25) is 0 Å². The Morgan fingerprint density at radius 3 is 2.60 bits per heavy atom. The van der Waals surface area contributed by atoms with Crippen molar-refractivity contribution in [1.82, 2.24) is 5.32 Å². The molecule has 1 rings (SSSR count). The van der Waals surface area contributed by atoms with Gasteiger partial charge in [-0.15, -0.1) is 0 Å². The minimum atomic E-state index is -0.645. The molecular formula is C15H22N2O3. The van der Waals surface area contributed by atoms with Crippen LogP contribution in [0.3, 0.4) is 0 Å². The molecule has 0 fully saturated rings. The Morgan fingerprint density at radius 1 is 1.20 bits per heavy atom. The summed E-state index contributed by atoms with van der Waals surface area (Å²) in [7, 11) is 0. The fourth-order valence-electron chi connectivity index (χ4n) is 1.73. The zero-order chi connectivity index (χ0) is 15.0. The number of rotatable bonds is 6. The number of aryl methyl sites for hydroxylation is 2. The van der Waals surface area contributed by atoms with Crippen LogP contribution in [0, 0.1) is 13.8 Å². The summed E-state index contributed by atoms with van der Waals surface area (Å²) in [4.78, 5) is 23.3. The molecule has 0 aliphatic rings. The molecule has 1 aromatic rings. The Labute approximate surface area is 119 Å². The van der Waals surface area contributed by atoms with Crippen molar-refractivity contribution in [3.05, 3.63) is 29.3 Å². The molecule has 1 aromatic carbocycles. The smallest absolute Gasteiger partial charge is 0.313 e. The lowest BCUT2D eigenvalue weighted by Crippen LogP contribution is -2.36. The van der Waals surface area contributed by atoms with Gasteiger partial charge in [-0.3, -0.25) is 9.59 Å². The monoisotopic (exact) mass is 278 g/mol. The summed E-state index contributed by atoms with van der Waals surface area (Å²) >= 11 is 0. The molecule has 0 heterocycles. The zero-order valence-electron chi connectivity index (χ0n) is 12.3. The normalized spacial score (nSPS) is 10.2. The lowest BCUT2D eigenvalue weighted by atomic mass is 10.1. The van der Waals surface area contributed by atoms with Gasteiger partial charge in [0.05, 0.1) is 0 Å². The molecule has 5 nitrogen and oxygen atoms in total. The lowest BCUT2D eigenvalue weighted by Gasteiger charge is -2.09. The number of carbonyl (C=O) groups is 2.